The summed E-state index contributed by atoms with van der Waals surface area (Å²) >= 11 is 35.0. The van der Waals surface area contributed by atoms with Crippen LogP contribution in [0, 0.1) is 0 Å². The maximum atomic E-state index is 12.7. The van der Waals surface area contributed by atoms with Crippen molar-refractivity contribution >= 4 is 105 Å². The van der Waals surface area contributed by atoms with Gasteiger partial charge in [0.1, 0.15) is 45.5 Å². The molecule has 0 aromatic rings. The molecule has 0 N–H and O–H groups in total. The summed E-state index contributed by atoms with van der Waals surface area (Å²) in [7, 11) is 0. The molecular weight excluding hydrogens is 693 g/mol. The van der Waals surface area contributed by atoms with E-state index in [1.807, 2.05) is 0 Å². The highest BCUT2D eigenvalue weighted by atomic mass is 35.5. The molecule has 0 saturated carbocycles. The molecule has 0 rings (SSSR count). The highest BCUT2D eigenvalue weighted by Crippen LogP contribution is 2.24. The van der Waals surface area contributed by atoms with E-state index in [1.165, 1.54) is 41.5 Å². The van der Waals surface area contributed by atoms with Gasteiger partial charge in [0.2, 0.25) is 0 Å². The molecule has 0 heterocycles. The van der Waals surface area contributed by atoms with Gasteiger partial charge >= 0.3 is 35.8 Å². The minimum Gasteiger partial charge on any atom is -0.460 e. The van der Waals surface area contributed by atoms with Crippen LogP contribution >= 0.6 is 69.6 Å². The van der Waals surface area contributed by atoms with Gasteiger partial charge in [-0.3, -0.25) is 28.8 Å². The summed E-state index contributed by atoms with van der Waals surface area (Å²) < 4.78 is 31.7. The van der Waals surface area contributed by atoms with Gasteiger partial charge in [-0.2, -0.15) is 0 Å². The SMILES string of the molecule is CC(Cl)C(=O)OC[C@H](OC(=O)C(C)Cl)[C@@H](OC(=O)C(C)Cl)[C@H](OC(=O)C(C)Cl)[C@@H](COC(=O)C(C)Cl)OC(=O)C(C)Cl. The predicted octanol–water partition coefficient (Wildman–Crippen LogP) is 3.48. The van der Waals surface area contributed by atoms with E-state index in [1.54, 1.807) is 0 Å². The Labute approximate surface area is 273 Å². The molecule has 0 aliphatic rings. The van der Waals surface area contributed by atoms with Crippen LogP contribution in [-0.4, -0.2) is 106 Å². The van der Waals surface area contributed by atoms with Crippen molar-refractivity contribution in [2.75, 3.05) is 13.2 Å². The monoisotopic (exact) mass is 722 g/mol. The molecule has 18 heteroatoms. The summed E-state index contributed by atoms with van der Waals surface area (Å²) in [6, 6.07) is 0. The van der Waals surface area contributed by atoms with Crippen LogP contribution in [0.3, 0.4) is 0 Å². The van der Waals surface area contributed by atoms with E-state index in [4.69, 9.17) is 98.0 Å². The van der Waals surface area contributed by atoms with Gasteiger partial charge in [0.15, 0.2) is 24.4 Å². The van der Waals surface area contributed by atoms with Gasteiger partial charge < -0.3 is 28.4 Å². The van der Waals surface area contributed by atoms with E-state index >= 15 is 0 Å². The predicted molar refractivity (Wildman–Crippen MR) is 153 cm³/mol. The summed E-state index contributed by atoms with van der Waals surface area (Å²) in [5.74, 6) is -6.39. The van der Waals surface area contributed by atoms with Gasteiger partial charge in [-0.25, -0.2) is 0 Å². The Balaban J connectivity index is 7.12. The van der Waals surface area contributed by atoms with Crippen LogP contribution in [-0.2, 0) is 57.2 Å². The first-order valence-electron chi connectivity index (χ1n) is 12.3. The number of alkyl halides is 6. The van der Waals surface area contributed by atoms with Crippen molar-refractivity contribution in [3.8, 4) is 0 Å². The number of hydrogen-bond acceptors (Lipinski definition) is 12. The third-order valence-corrected chi connectivity index (χ3v) is 5.89. The molecule has 0 aliphatic heterocycles. The molecule has 0 bridgehead atoms. The Hall–Kier alpha value is -1.44. The zero-order chi connectivity index (χ0) is 32.9. The Morgan fingerprint density at radius 2 is 0.619 bits per heavy atom. The zero-order valence-electron chi connectivity index (χ0n) is 23.4. The third-order valence-electron chi connectivity index (χ3n) is 4.82. The summed E-state index contributed by atoms with van der Waals surface area (Å²) in [6.45, 7) is 5.88. The van der Waals surface area contributed by atoms with Crippen molar-refractivity contribution in [3.63, 3.8) is 0 Å². The topological polar surface area (TPSA) is 158 Å². The number of esters is 6. The summed E-state index contributed by atoms with van der Waals surface area (Å²) in [5, 5.41) is -7.47. The zero-order valence-corrected chi connectivity index (χ0v) is 27.9. The lowest BCUT2D eigenvalue weighted by Gasteiger charge is -2.36. The molecule has 12 nitrogen and oxygen atoms in total. The molecule has 0 amide bonds. The molecule has 0 radical (unpaired) electrons. The van der Waals surface area contributed by atoms with Gasteiger partial charge in [0.25, 0.3) is 0 Å². The second-order valence-corrected chi connectivity index (χ2v) is 12.6. The van der Waals surface area contributed by atoms with Crippen LogP contribution in [0.4, 0.5) is 0 Å². The minimum atomic E-state index is -1.95. The number of rotatable bonds is 17. The standard InChI is InChI=1S/C24H32Cl6O12/c1-9(25)19(31)37-7-15(39-21(33)11(3)27)17(41-23(35)13(5)29)18(42-24(36)14(6)30)16(40-22(34)12(4)28)8-38-20(32)10(2)26/h9-18H,7-8H2,1-6H3/t9?,10?,11?,12?,13?,14?,15-,16+,17-,18-/m1/s1. The highest BCUT2D eigenvalue weighted by Gasteiger charge is 2.47. The lowest BCUT2D eigenvalue weighted by atomic mass is 10.0. The van der Waals surface area contributed by atoms with E-state index in [-0.39, 0.29) is 0 Å². The number of hydrogen-bond donors (Lipinski definition) is 0. The van der Waals surface area contributed by atoms with Crippen molar-refractivity contribution in [2.24, 2.45) is 0 Å². The van der Waals surface area contributed by atoms with Crippen molar-refractivity contribution in [1.82, 2.24) is 0 Å². The largest absolute Gasteiger partial charge is 0.460 e. The molecule has 0 aromatic heterocycles. The van der Waals surface area contributed by atoms with Gasteiger partial charge in [-0.15, -0.1) is 69.6 Å². The third kappa shape index (κ3) is 14.8. The fourth-order valence-electron chi connectivity index (χ4n) is 2.60. The Morgan fingerprint density at radius 1 is 0.405 bits per heavy atom. The summed E-state index contributed by atoms with van der Waals surface area (Å²) in [6.07, 6.45) is -7.49. The molecule has 6 unspecified atom stereocenters. The van der Waals surface area contributed by atoms with Gasteiger partial charge in [0, 0.05) is 0 Å². The first kappa shape index (κ1) is 40.6. The maximum absolute atomic E-state index is 12.7. The van der Waals surface area contributed by atoms with Crippen LogP contribution in [0.15, 0.2) is 0 Å². The Kier molecular flexibility index (Phi) is 19.1. The quantitative estimate of drug-likeness (QED) is 0.122. The van der Waals surface area contributed by atoms with E-state index in [0.29, 0.717) is 0 Å². The Morgan fingerprint density at radius 3 is 0.833 bits per heavy atom. The van der Waals surface area contributed by atoms with Gasteiger partial charge in [0.05, 0.1) is 0 Å². The number of ether oxygens (including phenoxy) is 6. The summed E-state index contributed by atoms with van der Waals surface area (Å²) in [5.41, 5.74) is 0. The second kappa shape index (κ2) is 19.8. The van der Waals surface area contributed by atoms with Gasteiger partial charge in [-0.05, 0) is 41.5 Å². The van der Waals surface area contributed by atoms with Crippen LogP contribution in [0.1, 0.15) is 41.5 Å². The molecule has 0 saturated heterocycles. The fourth-order valence-corrected chi connectivity index (χ4v) is 2.93. The van der Waals surface area contributed by atoms with Crippen LogP contribution < -0.4 is 0 Å². The van der Waals surface area contributed by atoms with Crippen molar-refractivity contribution in [2.45, 2.75) is 98.2 Å². The number of carbonyl (C=O) groups is 6. The maximum Gasteiger partial charge on any atom is 0.324 e. The van der Waals surface area contributed by atoms with E-state index < -0.39 is 106 Å². The molecule has 242 valence electrons. The number of carbonyl (C=O) groups excluding carboxylic acids is 6. The van der Waals surface area contributed by atoms with Crippen molar-refractivity contribution in [1.29, 1.82) is 0 Å². The lowest BCUT2D eigenvalue weighted by molar-refractivity contribution is -0.208. The van der Waals surface area contributed by atoms with Crippen LogP contribution in [0.2, 0.25) is 0 Å². The van der Waals surface area contributed by atoms with E-state index in [9.17, 15) is 28.8 Å². The van der Waals surface area contributed by atoms with E-state index in [0.717, 1.165) is 0 Å². The average Bonchev–Trinajstić information content (AvgIpc) is 2.89. The molecule has 10 atom stereocenters. The van der Waals surface area contributed by atoms with Crippen molar-refractivity contribution in [3.05, 3.63) is 0 Å². The van der Waals surface area contributed by atoms with Crippen molar-refractivity contribution < 1.29 is 57.2 Å². The summed E-state index contributed by atoms with van der Waals surface area (Å²) in [4.78, 5) is 74.8. The lowest BCUT2D eigenvalue weighted by Crippen LogP contribution is -2.56. The van der Waals surface area contributed by atoms with Gasteiger partial charge in [-0.1, -0.05) is 0 Å². The first-order valence-corrected chi connectivity index (χ1v) is 14.9. The number of halogens is 6. The molecule has 0 aromatic carbocycles. The molecular formula is C24H32Cl6O12. The van der Waals surface area contributed by atoms with Crippen LogP contribution in [0.25, 0.3) is 0 Å². The smallest absolute Gasteiger partial charge is 0.324 e. The normalized spacial score (nSPS) is 18.3. The average molecular weight is 725 g/mol. The highest BCUT2D eigenvalue weighted by molar-refractivity contribution is 6.31. The van der Waals surface area contributed by atoms with E-state index in [2.05, 4.69) is 0 Å². The Bertz CT molecular complexity index is 867. The second-order valence-electron chi connectivity index (χ2n) is 8.71. The molecule has 0 aliphatic carbocycles. The molecule has 42 heavy (non-hydrogen) atoms. The first-order chi connectivity index (χ1) is 19.3. The minimum absolute atomic E-state index is 0.838. The van der Waals surface area contributed by atoms with Crippen LogP contribution in [0.5, 0.6) is 0 Å². The molecule has 0 spiro atoms. The molecule has 0 fully saturated rings. The fraction of sp³-hybridized carbons (Fsp3) is 0.750.